The molecular weight excluding hydrogens is 484 g/mol. The van der Waals surface area contributed by atoms with Crippen LogP contribution in [0.2, 0.25) is 5.02 Å². The molecule has 32 heavy (non-hydrogen) atoms. The van der Waals surface area contributed by atoms with E-state index >= 15 is 0 Å². The van der Waals surface area contributed by atoms with Crippen molar-refractivity contribution in [3.8, 4) is 0 Å². The Morgan fingerprint density at radius 3 is 2.47 bits per heavy atom. The van der Waals surface area contributed by atoms with Crippen molar-refractivity contribution in [1.29, 1.82) is 0 Å². The lowest BCUT2D eigenvalue weighted by molar-refractivity contribution is -0.123. The third-order valence-corrected chi connectivity index (χ3v) is 11.5. The number of thiazole rings is 1. The molecule has 2 aromatic heterocycles. The summed E-state index contributed by atoms with van der Waals surface area (Å²) in [5.74, 6) is -0.0317. The Morgan fingerprint density at radius 2 is 1.75 bits per heavy atom. The Bertz CT molecular complexity index is 1310. The molecule has 3 fully saturated rings. The zero-order valence-corrected chi connectivity index (χ0v) is 19.8. The largest absolute Gasteiger partial charge is 0.307 e. The van der Waals surface area contributed by atoms with Crippen LogP contribution in [0.3, 0.4) is 0 Å². The number of thiophene rings is 1. The second kappa shape index (κ2) is 6.82. The average molecular weight is 501 g/mol. The van der Waals surface area contributed by atoms with E-state index in [1.54, 1.807) is 47.4 Å². The van der Waals surface area contributed by atoms with Crippen molar-refractivity contribution < 1.29 is 9.59 Å². The number of thioether (sulfide) groups is 1. The van der Waals surface area contributed by atoms with E-state index in [0.29, 0.717) is 10.7 Å². The molecule has 1 saturated heterocycles. The fourth-order valence-electron chi connectivity index (χ4n) is 6.65. The maximum atomic E-state index is 13.6. The van der Waals surface area contributed by atoms with E-state index in [2.05, 4.69) is 16.4 Å². The fraction of sp³-hybridized carbons (Fsp3) is 0.348. The number of fused-ring (bicyclic) bond motifs is 9. The Kier molecular flexibility index (Phi) is 4.18. The number of hydrogen-bond donors (Lipinski definition) is 1. The summed E-state index contributed by atoms with van der Waals surface area (Å²) in [5.41, 5.74) is 0.604. The molecule has 9 heteroatoms. The number of imide groups is 1. The summed E-state index contributed by atoms with van der Waals surface area (Å²) < 4.78 is 0. The van der Waals surface area contributed by atoms with E-state index in [0.717, 1.165) is 16.3 Å². The molecule has 2 bridgehead atoms. The van der Waals surface area contributed by atoms with Crippen LogP contribution in [0.15, 0.2) is 51.6 Å². The molecule has 2 saturated carbocycles. The van der Waals surface area contributed by atoms with Crippen molar-refractivity contribution in [1.82, 2.24) is 4.98 Å². The minimum Gasteiger partial charge on any atom is -0.307 e. The van der Waals surface area contributed by atoms with Crippen LogP contribution in [0.25, 0.3) is 0 Å². The summed E-state index contributed by atoms with van der Waals surface area (Å²) in [6, 6.07) is 11.1. The SMILES string of the molecule is O=C1C2C3CC(C2C(=O)N1c1ccc(Cl)cc1)C1C(c2cccs2)c2sc(=O)[nH]c2SC31. The van der Waals surface area contributed by atoms with Gasteiger partial charge < -0.3 is 4.98 Å². The van der Waals surface area contributed by atoms with Gasteiger partial charge in [0.1, 0.15) is 0 Å². The molecule has 1 N–H and O–H groups in total. The number of carbonyl (C=O) groups excluding carboxylic acids is 2. The van der Waals surface area contributed by atoms with Crippen molar-refractivity contribution in [2.24, 2.45) is 29.6 Å². The van der Waals surface area contributed by atoms with E-state index in [-0.39, 0.29) is 57.4 Å². The molecule has 162 valence electrons. The summed E-state index contributed by atoms with van der Waals surface area (Å²) >= 11 is 10.8. The van der Waals surface area contributed by atoms with E-state index in [1.807, 2.05) is 6.07 Å². The molecular formula is C23H17ClN2O3S3. The van der Waals surface area contributed by atoms with Crippen LogP contribution in [-0.4, -0.2) is 22.0 Å². The molecule has 1 aromatic carbocycles. The number of halogens is 1. The molecule has 4 aliphatic rings. The molecule has 5 nitrogen and oxygen atoms in total. The highest BCUT2D eigenvalue weighted by Gasteiger charge is 2.69. The Hall–Kier alpha value is -1.87. The molecule has 0 spiro atoms. The quantitative estimate of drug-likeness (QED) is 0.512. The molecule has 3 aromatic rings. The number of anilines is 1. The maximum absolute atomic E-state index is 13.6. The number of hydrogen-bond acceptors (Lipinski definition) is 6. The van der Waals surface area contributed by atoms with Gasteiger partial charge in [-0.05, 0) is 59.9 Å². The molecule has 2 aliphatic heterocycles. The van der Waals surface area contributed by atoms with Crippen molar-refractivity contribution in [2.75, 3.05) is 4.90 Å². The van der Waals surface area contributed by atoms with Crippen LogP contribution in [0.4, 0.5) is 5.69 Å². The molecule has 7 atom stereocenters. The summed E-state index contributed by atoms with van der Waals surface area (Å²) in [7, 11) is 0. The normalized spacial score (nSPS) is 34.7. The molecule has 2 aliphatic carbocycles. The third-order valence-electron chi connectivity index (χ3n) is 7.66. The summed E-state index contributed by atoms with van der Waals surface area (Å²) in [4.78, 5) is 46.1. The first kappa shape index (κ1) is 19.6. The monoisotopic (exact) mass is 500 g/mol. The van der Waals surface area contributed by atoms with Crippen LogP contribution in [0.5, 0.6) is 0 Å². The number of nitrogens with zero attached hydrogens (tertiary/aromatic N) is 1. The fourth-order valence-corrected chi connectivity index (χ4v) is 10.6. The van der Waals surface area contributed by atoms with Crippen molar-refractivity contribution in [3.05, 3.63) is 66.2 Å². The van der Waals surface area contributed by atoms with Gasteiger partial charge in [0, 0.05) is 25.9 Å². The van der Waals surface area contributed by atoms with E-state index < -0.39 is 0 Å². The number of H-pyrrole nitrogens is 1. The summed E-state index contributed by atoms with van der Waals surface area (Å²) in [6.07, 6.45) is 0.907. The number of nitrogens with one attached hydrogen (secondary N) is 1. The summed E-state index contributed by atoms with van der Waals surface area (Å²) in [5, 5.41) is 3.83. The van der Waals surface area contributed by atoms with Crippen molar-refractivity contribution >= 4 is 63.5 Å². The number of benzene rings is 1. The van der Waals surface area contributed by atoms with Gasteiger partial charge in [0.2, 0.25) is 11.8 Å². The van der Waals surface area contributed by atoms with Crippen LogP contribution in [0.1, 0.15) is 22.1 Å². The van der Waals surface area contributed by atoms with Gasteiger partial charge in [0.25, 0.3) is 0 Å². The molecule has 4 heterocycles. The predicted molar refractivity (Wildman–Crippen MR) is 127 cm³/mol. The Morgan fingerprint density at radius 1 is 1.00 bits per heavy atom. The third kappa shape index (κ3) is 2.49. The smallest absolute Gasteiger partial charge is 0.305 e. The van der Waals surface area contributed by atoms with Crippen LogP contribution < -0.4 is 9.77 Å². The number of aromatic nitrogens is 1. The number of rotatable bonds is 2. The molecule has 7 rings (SSSR count). The average Bonchev–Trinajstić information content (AvgIpc) is 3.57. The highest BCUT2D eigenvalue weighted by atomic mass is 35.5. The maximum Gasteiger partial charge on any atom is 0.305 e. The highest BCUT2D eigenvalue weighted by Crippen LogP contribution is 2.68. The van der Waals surface area contributed by atoms with Crippen LogP contribution in [-0.2, 0) is 9.59 Å². The molecule has 0 radical (unpaired) electrons. The van der Waals surface area contributed by atoms with Crippen LogP contribution in [0, 0.1) is 29.6 Å². The van der Waals surface area contributed by atoms with E-state index in [4.69, 9.17) is 11.6 Å². The second-order valence-electron chi connectivity index (χ2n) is 8.96. The lowest BCUT2D eigenvalue weighted by Gasteiger charge is -2.42. The first-order valence-electron chi connectivity index (χ1n) is 10.6. The summed E-state index contributed by atoms with van der Waals surface area (Å²) in [6.45, 7) is 0. The lowest BCUT2D eigenvalue weighted by atomic mass is 9.69. The van der Waals surface area contributed by atoms with Gasteiger partial charge in [-0.2, -0.15) is 0 Å². The van der Waals surface area contributed by atoms with Gasteiger partial charge in [-0.25, -0.2) is 0 Å². The highest BCUT2D eigenvalue weighted by molar-refractivity contribution is 8.00. The second-order valence-corrected chi connectivity index (χ2v) is 12.6. The van der Waals surface area contributed by atoms with Crippen molar-refractivity contribution in [2.45, 2.75) is 22.6 Å². The first-order valence-corrected chi connectivity index (χ1v) is 13.5. The first-order chi connectivity index (χ1) is 15.5. The molecule has 7 unspecified atom stereocenters. The number of amides is 2. The Balaban J connectivity index is 1.32. The van der Waals surface area contributed by atoms with Gasteiger partial charge in [0.05, 0.1) is 22.5 Å². The van der Waals surface area contributed by atoms with Crippen molar-refractivity contribution in [3.63, 3.8) is 0 Å². The zero-order chi connectivity index (χ0) is 21.7. The zero-order valence-electron chi connectivity index (χ0n) is 16.6. The minimum absolute atomic E-state index is 0.0300. The van der Waals surface area contributed by atoms with E-state index in [9.17, 15) is 14.4 Å². The standard InChI is InChI=1S/C23H17ClN2O3S3/c24-9-3-5-10(6-4-9)26-21(27)15-11-8-12(16(15)22(26)28)18-14(11)17(13-2-1-7-30-13)19-20(31-18)25-23(29)32-19/h1-7,11-12,14-18H,8H2,(H,25,29). The van der Waals surface area contributed by atoms with Crippen LogP contribution >= 0.6 is 46.0 Å². The number of aromatic amines is 1. The Labute approximate surface area is 200 Å². The van der Waals surface area contributed by atoms with E-state index in [1.165, 1.54) is 21.1 Å². The number of carbonyl (C=O) groups is 2. The lowest BCUT2D eigenvalue weighted by Crippen LogP contribution is -2.42. The topological polar surface area (TPSA) is 70.2 Å². The van der Waals surface area contributed by atoms with Gasteiger partial charge in [0.15, 0.2) is 0 Å². The molecule has 2 amide bonds. The van der Waals surface area contributed by atoms with Gasteiger partial charge >= 0.3 is 4.87 Å². The minimum atomic E-state index is -0.273. The van der Waals surface area contributed by atoms with Gasteiger partial charge in [-0.15, -0.1) is 23.1 Å². The van der Waals surface area contributed by atoms with Gasteiger partial charge in [-0.3, -0.25) is 19.3 Å². The van der Waals surface area contributed by atoms with Gasteiger partial charge in [-0.1, -0.05) is 29.0 Å². The predicted octanol–water partition coefficient (Wildman–Crippen LogP) is 4.83.